The molecule has 2 aliphatic heterocycles. The average molecular weight is 584 g/mol. The molecule has 0 radical (unpaired) electrons. The summed E-state index contributed by atoms with van der Waals surface area (Å²) in [6.45, 7) is 5.73. The average Bonchev–Trinajstić information content (AvgIpc) is 3.32. The minimum atomic E-state index is -1.56. The molecule has 2 amide bonds. The van der Waals surface area contributed by atoms with Gasteiger partial charge in [0, 0.05) is 24.2 Å². The molecule has 5 N–H and O–H groups in total. The van der Waals surface area contributed by atoms with Gasteiger partial charge in [0.25, 0.3) is 0 Å². The SMILES string of the molecule is CC(C)(C)C[C@H]1N[C@@H](C(=O)NCCC[C@H](O)CO)[C@H](c2cccc(Cl)c2F)C12C(=O)Nc1cc(Cl)c(F)cc12. The molecule has 5 atom stereocenters. The second-order valence-corrected chi connectivity index (χ2v) is 12.3. The highest BCUT2D eigenvalue weighted by atomic mass is 35.5. The van der Waals surface area contributed by atoms with Crippen LogP contribution in [0.3, 0.4) is 0 Å². The van der Waals surface area contributed by atoms with Crippen molar-refractivity contribution in [2.24, 2.45) is 5.41 Å². The number of rotatable bonds is 8. The highest BCUT2D eigenvalue weighted by Gasteiger charge is 2.66. The largest absolute Gasteiger partial charge is 0.394 e. The summed E-state index contributed by atoms with van der Waals surface area (Å²) in [6.07, 6.45) is 0.155. The summed E-state index contributed by atoms with van der Waals surface area (Å²) in [5, 5.41) is 27.3. The molecule has 11 heteroatoms. The van der Waals surface area contributed by atoms with Crippen LogP contribution >= 0.6 is 23.2 Å². The topological polar surface area (TPSA) is 111 Å². The Morgan fingerprint density at radius 1 is 1.21 bits per heavy atom. The van der Waals surface area contributed by atoms with Gasteiger partial charge < -0.3 is 26.2 Å². The third kappa shape index (κ3) is 5.52. The van der Waals surface area contributed by atoms with Crippen molar-refractivity contribution in [1.29, 1.82) is 0 Å². The molecule has 4 rings (SSSR count). The Labute approximate surface area is 236 Å². The highest BCUT2D eigenvalue weighted by molar-refractivity contribution is 6.31. The predicted molar refractivity (Wildman–Crippen MR) is 146 cm³/mol. The fourth-order valence-corrected chi connectivity index (χ4v) is 6.26. The van der Waals surface area contributed by atoms with E-state index in [2.05, 4.69) is 16.0 Å². The van der Waals surface area contributed by atoms with Gasteiger partial charge in [-0.1, -0.05) is 56.1 Å². The van der Waals surface area contributed by atoms with Crippen molar-refractivity contribution in [3.63, 3.8) is 0 Å². The molecule has 1 unspecified atom stereocenters. The lowest BCUT2D eigenvalue weighted by molar-refractivity contribution is -0.123. The van der Waals surface area contributed by atoms with Crippen LogP contribution in [0.4, 0.5) is 14.5 Å². The summed E-state index contributed by atoms with van der Waals surface area (Å²) in [5.41, 5.74) is -1.24. The van der Waals surface area contributed by atoms with Crippen molar-refractivity contribution >= 4 is 40.7 Å². The predicted octanol–water partition coefficient (Wildman–Crippen LogP) is 4.27. The maximum Gasteiger partial charge on any atom is 0.237 e. The van der Waals surface area contributed by atoms with Crippen LogP contribution in [0.25, 0.3) is 0 Å². The standard InChI is InChI=1S/C28H33Cl2F2N3O4/c1-27(2,3)12-21-28(16-10-19(31)18(30)11-20(16)34-26(28)39)22(15-7-4-8-17(29)23(15)32)24(35-21)25(38)33-9-5-6-14(37)13-36/h4,7-8,10-11,14,21-22,24,35-37H,5-6,9,12-13H2,1-3H3,(H,33,38)(H,34,39)/t14-,21+,22-,24+,28?/m0/s1. The van der Waals surface area contributed by atoms with Gasteiger partial charge in [0.1, 0.15) is 17.0 Å². The smallest absolute Gasteiger partial charge is 0.237 e. The van der Waals surface area contributed by atoms with Crippen molar-refractivity contribution in [1.82, 2.24) is 10.6 Å². The number of fused-ring (bicyclic) bond motifs is 2. The van der Waals surface area contributed by atoms with Gasteiger partial charge in [-0.15, -0.1) is 0 Å². The Morgan fingerprint density at radius 2 is 1.92 bits per heavy atom. The summed E-state index contributed by atoms with van der Waals surface area (Å²) in [6, 6.07) is 5.18. The summed E-state index contributed by atoms with van der Waals surface area (Å²) in [7, 11) is 0. The number of hydrogen-bond acceptors (Lipinski definition) is 5. The highest BCUT2D eigenvalue weighted by Crippen LogP contribution is 2.57. The maximum absolute atomic E-state index is 15.7. The first-order valence-electron chi connectivity index (χ1n) is 12.9. The molecule has 1 spiro atoms. The number of aliphatic hydroxyl groups is 2. The Balaban J connectivity index is 1.87. The molecule has 1 fully saturated rings. The summed E-state index contributed by atoms with van der Waals surface area (Å²) in [4.78, 5) is 27.7. The lowest BCUT2D eigenvalue weighted by Gasteiger charge is -2.37. The van der Waals surface area contributed by atoms with Crippen molar-refractivity contribution in [3.05, 3.63) is 63.1 Å². The zero-order valence-corrected chi connectivity index (χ0v) is 23.5. The number of nitrogens with one attached hydrogen (secondary N) is 3. The van der Waals surface area contributed by atoms with Crippen LogP contribution in [0.5, 0.6) is 0 Å². The number of carbonyl (C=O) groups is 2. The summed E-state index contributed by atoms with van der Waals surface area (Å²) < 4.78 is 30.6. The molecule has 2 aliphatic rings. The first kappa shape index (κ1) is 29.7. The molecule has 2 heterocycles. The number of benzene rings is 2. The molecule has 1 saturated heterocycles. The van der Waals surface area contributed by atoms with E-state index in [9.17, 15) is 19.1 Å². The molecule has 0 bridgehead atoms. The van der Waals surface area contributed by atoms with Crippen molar-refractivity contribution in [2.45, 2.75) is 69.6 Å². The third-order valence-electron chi connectivity index (χ3n) is 7.52. The van der Waals surface area contributed by atoms with E-state index in [0.717, 1.165) is 0 Å². The van der Waals surface area contributed by atoms with E-state index < -0.39 is 53.0 Å². The Hall–Kier alpha value is -2.30. The second kappa shape index (κ2) is 11.3. The number of carbonyl (C=O) groups excluding carboxylic acids is 2. The fraction of sp³-hybridized carbons (Fsp3) is 0.500. The molecular weight excluding hydrogens is 551 g/mol. The number of anilines is 1. The Bertz CT molecular complexity index is 1270. The van der Waals surface area contributed by atoms with Crippen molar-refractivity contribution < 1.29 is 28.6 Å². The number of halogens is 4. The van der Waals surface area contributed by atoms with Crippen LogP contribution in [-0.4, -0.2) is 53.4 Å². The second-order valence-electron chi connectivity index (χ2n) is 11.5. The normalized spacial score (nSPS) is 25.1. The van der Waals surface area contributed by atoms with Gasteiger partial charge in [0.2, 0.25) is 11.8 Å². The van der Waals surface area contributed by atoms with E-state index in [4.69, 9.17) is 28.3 Å². The Morgan fingerprint density at radius 3 is 2.59 bits per heavy atom. The van der Waals surface area contributed by atoms with Gasteiger partial charge in [0.15, 0.2) is 0 Å². The van der Waals surface area contributed by atoms with Gasteiger partial charge >= 0.3 is 0 Å². The van der Waals surface area contributed by atoms with Crippen LogP contribution in [0.2, 0.25) is 10.0 Å². The van der Waals surface area contributed by atoms with Gasteiger partial charge in [-0.25, -0.2) is 8.78 Å². The van der Waals surface area contributed by atoms with Crippen LogP contribution in [-0.2, 0) is 15.0 Å². The Kier molecular flexibility index (Phi) is 8.59. The van der Waals surface area contributed by atoms with Crippen LogP contribution in [0.1, 0.15) is 57.1 Å². The minimum absolute atomic E-state index is 0.0561. The first-order chi connectivity index (χ1) is 18.3. The quantitative estimate of drug-likeness (QED) is 0.298. The van der Waals surface area contributed by atoms with E-state index in [0.29, 0.717) is 24.1 Å². The van der Waals surface area contributed by atoms with Crippen LogP contribution in [0, 0.1) is 17.0 Å². The molecule has 212 valence electrons. The van der Waals surface area contributed by atoms with E-state index in [1.807, 2.05) is 20.8 Å². The summed E-state index contributed by atoms with van der Waals surface area (Å²) in [5.74, 6) is -3.56. The number of aliphatic hydroxyl groups excluding tert-OH is 2. The van der Waals surface area contributed by atoms with Gasteiger partial charge in [-0.3, -0.25) is 9.59 Å². The molecular formula is C28H33Cl2F2N3O4. The van der Waals surface area contributed by atoms with Crippen molar-refractivity contribution in [3.8, 4) is 0 Å². The van der Waals surface area contributed by atoms with E-state index in [-0.39, 0.29) is 40.6 Å². The monoisotopic (exact) mass is 583 g/mol. The minimum Gasteiger partial charge on any atom is -0.394 e. The van der Waals surface area contributed by atoms with E-state index >= 15 is 4.39 Å². The van der Waals surface area contributed by atoms with Gasteiger partial charge in [-0.05, 0) is 54.0 Å². The zero-order valence-electron chi connectivity index (χ0n) is 22.0. The first-order valence-corrected chi connectivity index (χ1v) is 13.6. The molecule has 7 nitrogen and oxygen atoms in total. The molecule has 2 aromatic rings. The molecule has 0 saturated carbocycles. The number of hydrogen-bond donors (Lipinski definition) is 5. The molecule has 0 aliphatic carbocycles. The third-order valence-corrected chi connectivity index (χ3v) is 8.11. The maximum atomic E-state index is 15.7. The zero-order chi connectivity index (χ0) is 28.7. The molecule has 0 aromatic heterocycles. The molecule has 39 heavy (non-hydrogen) atoms. The van der Waals surface area contributed by atoms with Gasteiger partial charge in [0.05, 0.1) is 28.8 Å². The van der Waals surface area contributed by atoms with E-state index in [1.54, 1.807) is 6.07 Å². The van der Waals surface area contributed by atoms with Crippen LogP contribution < -0.4 is 16.0 Å². The molecule has 2 aromatic carbocycles. The van der Waals surface area contributed by atoms with Crippen molar-refractivity contribution in [2.75, 3.05) is 18.5 Å². The van der Waals surface area contributed by atoms with E-state index in [1.165, 1.54) is 24.3 Å². The number of amides is 2. The lowest BCUT2D eigenvalue weighted by Crippen LogP contribution is -2.49. The van der Waals surface area contributed by atoms with Gasteiger partial charge in [-0.2, -0.15) is 0 Å². The van der Waals surface area contributed by atoms with Crippen LogP contribution in [0.15, 0.2) is 30.3 Å². The summed E-state index contributed by atoms with van der Waals surface area (Å²) >= 11 is 12.2. The lowest BCUT2D eigenvalue weighted by atomic mass is 9.62. The fourth-order valence-electron chi connectivity index (χ4n) is 5.91.